The molecule has 0 radical (unpaired) electrons. The fraction of sp³-hybridized carbons (Fsp3) is 0.417. The van der Waals surface area contributed by atoms with Crippen LogP contribution >= 0.6 is 11.3 Å². The summed E-state index contributed by atoms with van der Waals surface area (Å²) in [4.78, 5) is 19.5. The van der Waals surface area contributed by atoms with Crippen molar-refractivity contribution in [3.8, 4) is 16.9 Å². The van der Waals surface area contributed by atoms with Gasteiger partial charge in [0.1, 0.15) is 10.6 Å². The Morgan fingerprint density at radius 3 is 2.20 bits per heavy atom. The minimum atomic E-state index is -0.330. The van der Waals surface area contributed by atoms with E-state index in [4.69, 9.17) is 9.47 Å². The minimum Gasteiger partial charge on any atom is -0.497 e. The average Bonchev–Trinajstić information content (AvgIpc) is 3.01. The third-order valence-electron chi connectivity index (χ3n) is 4.86. The molecule has 0 aliphatic carbocycles. The second kappa shape index (κ2) is 11.1. The molecule has 0 bridgehead atoms. The van der Waals surface area contributed by atoms with E-state index in [2.05, 4.69) is 38.0 Å². The molecule has 1 N–H and O–H groups in total. The summed E-state index contributed by atoms with van der Waals surface area (Å²) in [5, 5.41) is 4.14. The highest BCUT2D eigenvalue weighted by molar-refractivity contribution is 7.18. The number of pyridine rings is 1. The van der Waals surface area contributed by atoms with Crippen LogP contribution in [0.25, 0.3) is 21.3 Å². The van der Waals surface area contributed by atoms with E-state index in [0.29, 0.717) is 17.9 Å². The van der Waals surface area contributed by atoms with E-state index in [-0.39, 0.29) is 5.97 Å². The first-order valence-corrected chi connectivity index (χ1v) is 11.1. The fourth-order valence-corrected chi connectivity index (χ4v) is 4.33. The second-order valence-corrected chi connectivity index (χ2v) is 8.02. The van der Waals surface area contributed by atoms with Gasteiger partial charge in [-0.15, -0.1) is 11.3 Å². The van der Waals surface area contributed by atoms with Crippen LogP contribution in [0.3, 0.4) is 0 Å². The number of esters is 1. The number of fused-ring (bicyclic) bond motifs is 1. The van der Waals surface area contributed by atoms with Gasteiger partial charge >= 0.3 is 5.97 Å². The topological polar surface area (TPSA) is 60.5 Å². The summed E-state index contributed by atoms with van der Waals surface area (Å²) >= 11 is 1.66. The summed E-state index contributed by atoms with van der Waals surface area (Å²) in [7, 11) is 1.64. The normalized spacial score (nSPS) is 10.5. The van der Waals surface area contributed by atoms with Gasteiger partial charge in [-0.1, -0.05) is 26.0 Å². The smallest absolute Gasteiger partial charge is 0.340 e. The van der Waals surface area contributed by atoms with Crippen LogP contribution in [-0.4, -0.2) is 37.8 Å². The minimum absolute atomic E-state index is 0.330. The molecule has 2 heterocycles. The molecule has 0 unspecified atom stereocenters. The molecule has 0 amide bonds. The molecule has 0 saturated carbocycles. The molecule has 6 heteroatoms. The lowest BCUT2D eigenvalue weighted by Crippen LogP contribution is -2.10. The Hall–Kier alpha value is -2.44. The summed E-state index contributed by atoms with van der Waals surface area (Å²) in [6, 6.07) is 7.76. The van der Waals surface area contributed by atoms with E-state index in [0.717, 1.165) is 45.7 Å². The first-order valence-electron chi connectivity index (χ1n) is 10.3. The third-order valence-corrected chi connectivity index (χ3v) is 5.96. The van der Waals surface area contributed by atoms with Gasteiger partial charge in [0, 0.05) is 15.8 Å². The molecule has 2 aromatic heterocycles. The molecule has 0 atom stereocenters. The van der Waals surface area contributed by atoms with Gasteiger partial charge in [-0.05, 0) is 64.0 Å². The van der Waals surface area contributed by atoms with Crippen LogP contribution in [0.4, 0.5) is 0 Å². The number of ether oxygens (including phenoxy) is 2. The molecule has 162 valence electrons. The first kappa shape index (κ1) is 23.8. The summed E-state index contributed by atoms with van der Waals surface area (Å²) in [5.41, 5.74) is 4.24. The predicted octanol–water partition coefficient (Wildman–Crippen LogP) is 5.69. The third kappa shape index (κ3) is 5.18. The van der Waals surface area contributed by atoms with Crippen LogP contribution < -0.4 is 10.1 Å². The van der Waals surface area contributed by atoms with Gasteiger partial charge in [-0.3, -0.25) is 0 Å². The summed E-state index contributed by atoms with van der Waals surface area (Å²) in [5.74, 6) is 0.449. The zero-order chi connectivity index (χ0) is 22.3. The van der Waals surface area contributed by atoms with Crippen LogP contribution in [-0.2, 0) is 4.74 Å². The van der Waals surface area contributed by atoms with Gasteiger partial charge in [-0.2, -0.15) is 0 Å². The van der Waals surface area contributed by atoms with Gasteiger partial charge in [0.25, 0.3) is 0 Å². The Bertz CT molecular complexity index is 992. The number of benzene rings is 1. The molecular weight excluding hydrogens is 396 g/mol. The molecule has 5 nitrogen and oxygen atoms in total. The predicted molar refractivity (Wildman–Crippen MR) is 126 cm³/mol. The van der Waals surface area contributed by atoms with Crippen LogP contribution in [0.15, 0.2) is 24.3 Å². The van der Waals surface area contributed by atoms with Crippen molar-refractivity contribution in [3.63, 3.8) is 0 Å². The standard InChI is InChI=1S/C20H21NO3S.C4H11N/c1-6-24-20(22)17-12(3)21-19-16(11(2)13(4)25-19)18(17)14-7-9-15(23-5)10-8-14;1-3-5-4-2/h7-10H,6H2,1-5H3;5H,3-4H2,1-2H3. The number of hydrogen-bond acceptors (Lipinski definition) is 6. The van der Waals surface area contributed by atoms with E-state index in [1.54, 1.807) is 18.4 Å². The summed E-state index contributed by atoms with van der Waals surface area (Å²) in [6.45, 7) is 14.6. The highest BCUT2D eigenvalue weighted by Crippen LogP contribution is 2.40. The second-order valence-electron chi connectivity index (χ2n) is 6.82. The molecule has 0 aliphatic rings. The molecule has 0 saturated heterocycles. The monoisotopic (exact) mass is 428 g/mol. The van der Waals surface area contributed by atoms with Crippen molar-refractivity contribution in [1.82, 2.24) is 10.3 Å². The van der Waals surface area contributed by atoms with Crippen LogP contribution in [0, 0.1) is 20.8 Å². The van der Waals surface area contributed by atoms with Crippen LogP contribution in [0.5, 0.6) is 5.75 Å². The summed E-state index contributed by atoms with van der Waals surface area (Å²) in [6.07, 6.45) is 0. The number of aromatic nitrogens is 1. The number of nitrogens with one attached hydrogen (secondary N) is 1. The van der Waals surface area contributed by atoms with Crippen molar-refractivity contribution in [2.24, 2.45) is 0 Å². The number of thiophene rings is 1. The van der Waals surface area contributed by atoms with Crippen LogP contribution in [0.1, 0.15) is 47.3 Å². The van der Waals surface area contributed by atoms with E-state index < -0.39 is 0 Å². The Labute approximate surface area is 183 Å². The lowest BCUT2D eigenvalue weighted by molar-refractivity contribution is 0.0526. The summed E-state index contributed by atoms with van der Waals surface area (Å²) < 4.78 is 10.6. The highest BCUT2D eigenvalue weighted by Gasteiger charge is 2.24. The van der Waals surface area contributed by atoms with E-state index in [1.807, 2.05) is 38.1 Å². The molecule has 3 rings (SSSR count). The molecular formula is C24H32N2O3S. The lowest BCUT2D eigenvalue weighted by atomic mass is 9.94. The van der Waals surface area contributed by atoms with Gasteiger partial charge in [0.2, 0.25) is 0 Å². The molecule has 1 aromatic carbocycles. The van der Waals surface area contributed by atoms with Crippen molar-refractivity contribution < 1.29 is 14.3 Å². The van der Waals surface area contributed by atoms with E-state index >= 15 is 0 Å². The number of carbonyl (C=O) groups is 1. The van der Waals surface area contributed by atoms with Crippen molar-refractivity contribution in [2.75, 3.05) is 26.8 Å². The number of nitrogens with zero attached hydrogens (tertiary/aromatic N) is 1. The number of hydrogen-bond donors (Lipinski definition) is 1. The number of methoxy groups -OCH3 is 1. The quantitative estimate of drug-likeness (QED) is 0.511. The van der Waals surface area contributed by atoms with E-state index in [1.165, 1.54) is 4.88 Å². The number of aryl methyl sites for hydroxylation is 3. The first-order chi connectivity index (χ1) is 14.4. The molecule has 3 aromatic rings. The van der Waals surface area contributed by atoms with Gasteiger partial charge in [0.05, 0.1) is 25.0 Å². The largest absolute Gasteiger partial charge is 0.497 e. The van der Waals surface area contributed by atoms with Crippen LogP contribution in [0.2, 0.25) is 0 Å². The van der Waals surface area contributed by atoms with Gasteiger partial charge in [0.15, 0.2) is 0 Å². The molecule has 0 fully saturated rings. The Kier molecular flexibility index (Phi) is 8.81. The van der Waals surface area contributed by atoms with Crippen molar-refractivity contribution in [1.29, 1.82) is 0 Å². The lowest BCUT2D eigenvalue weighted by Gasteiger charge is -2.14. The van der Waals surface area contributed by atoms with Crippen molar-refractivity contribution in [3.05, 3.63) is 46.0 Å². The molecule has 30 heavy (non-hydrogen) atoms. The maximum Gasteiger partial charge on any atom is 0.340 e. The van der Waals surface area contributed by atoms with Gasteiger partial charge in [-0.25, -0.2) is 9.78 Å². The van der Waals surface area contributed by atoms with Crippen molar-refractivity contribution in [2.45, 2.75) is 41.5 Å². The maximum absolute atomic E-state index is 12.7. The molecule has 0 spiro atoms. The highest BCUT2D eigenvalue weighted by atomic mass is 32.1. The molecule has 0 aliphatic heterocycles. The van der Waals surface area contributed by atoms with E-state index in [9.17, 15) is 4.79 Å². The zero-order valence-electron chi connectivity index (χ0n) is 19.0. The SMILES string of the molecule is CCNCC.CCOC(=O)c1c(C)nc2sc(C)c(C)c2c1-c1ccc(OC)cc1. The maximum atomic E-state index is 12.7. The average molecular weight is 429 g/mol. The number of rotatable bonds is 6. The Morgan fingerprint density at radius 2 is 1.70 bits per heavy atom. The Morgan fingerprint density at radius 1 is 1.07 bits per heavy atom. The van der Waals surface area contributed by atoms with Gasteiger partial charge < -0.3 is 14.8 Å². The number of carbonyl (C=O) groups excluding carboxylic acids is 1. The zero-order valence-corrected chi connectivity index (χ0v) is 19.8. The fourth-order valence-electron chi connectivity index (χ4n) is 3.25. The van der Waals surface area contributed by atoms with Crippen molar-refractivity contribution >= 4 is 27.5 Å². The Balaban J connectivity index is 0.000000575.